The average Bonchev–Trinajstić information content (AvgIpc) is 2.68. The molecule has 1 heterocycles. The van der Waals surface area contributed by atoms with Crippen LogP contribution >= 0.6 is 0 Å². The lowest BCUT2D eigenvalue weighted by Crippen LogP contribution is -2.14. The number of H-pyrrole nitrogens is 1. The maximum atomic E-state index is 13.6. The maximum Gasteiger partial charge on any atom is 0.255 e. The Morgan fingerprint density at radius 2 is 1.72 bits per heavy atom. The van der Waals surface area contributed by atoms with Crippen molar-refractivity contribution in [1.82, 2.24) is 9.88 Å². The lowest BCUT2D eigenvalue weighted by Gasteiger charge is -2.12. The summed E-state index contributed by atoms with van der Waals surface area (Å²) in [5.41, 5.74) is 2.96. The second kappa shape index (κ2) is 7.48. The first-order valence-electron chi connectivity index (χ1n) is 9.21. The van der Waals surface area contributed by atoms with Crippen molar-refractivity contribution in [2.24, 2.45) is 0 Å². The van der Waals surface area contributed by atoms with Gasteiger partial charge in [-0.1, -0.05) is 12.1 Å². The highest BCUT2D eigenvalue weighted by molar-refractivity contribution is 6.07. The Labute approximate surface area is 166 Å². The largest absolute Gasteiger partial charge is 0.354 e. The number of aromatic nitrogens is 1. The lowest BCUT2D eigenvalue weighted by atomic mass is 10.1. The van der Waals surface area contributed by atoms with E-state index >= 15 is 0 Å². The number of benzene rings is 3. The third kappa shape index (κ3) is 3.88. The Kier molecular flexibility index (Phi) is 4.86. The minimum Gasteiger partial charge on any atom is -0.354 e. The average molecular weight is 389 g/mol. The van der Waals surface area contributed by atoms with Gasteiger partial charge in [0.2, 0.25) is 0 Å². The van der Waals surface area contributed by atoms with Crippen molar-refractivity contribution >= 4 is 33.4 Å². The number of hydrogen-bond acceptors (Lipinski definition) is 3. The number of nitrogens with one attached hydrogen (secondary N) is 2. The number of anilines is 1. The van der Waals surface area contributed by atoms with Crippen molar-refractivity contribution in [1.29, 1.82) is 0 Å². The number of carbonyl (C=O) groups is 1. The van der Waals surface area contributed by atoms with Crippen LogP contribution < -0.4 is 10.7 Å². The van der Waals surface area contributed by atoms with Crippen molar-refractivity contribution < 1.29 is 9.18 Å². The molecule has 0 saturated carbocycles. The molecule has 29 heavy (non-hydrogen) atoms. The molecule has 146 valence electrons. The molecule has 6 heteroatoms. The van der Waals surface area contributed by atoms with Crippen molar-refractivity contribution in [3.8, 4) is 0 Å². The number of fused-ring (bicyclic) bond motifs is 2. The summed E-state index contributed by atoms with van der Waals surface area (Å²) < 4.78 is 13.6. The van der Waals surface area contributed by atoms with Gasteiger partial charge >= 0.3 is 0 Å². The zero-order valence-corrected chi connectivity index (χ0v) is 16.1. The van der Waals surface area contributed by atoms with Gasteiger partial charge in [0.15, 0.2) is 5.43 Å². The quantitative estimate of drug-likeness (QED) is 0.516. The van der Waals surface area contributed by atoms with Crippen LogP contribution in [0, 0.1) is 5.82 Å². The van der Waals surface area contributed by atoms with E-state index in [1.807, 2.05) is 43.3 Å². The minimum atomic E-state index is -0.478. The highest BCUT2D eigenvalue weighted by Gasteiger charge is 2.11. The molecular weight excluding hydrogens is 369 g/mol. The molecule has 4 aromatic rings. The van der Waals surface area contributed by atoms with Crippen LogP contribution in [0.25, 0.3) is 21.8 Å². The molecule has 0 bridgehead atoms. The molecular formula is C23H20FN3O2. The number of aromatic amines is 1. The van der Waals surface area contributed by atoms with Crippen LogP contribution in [0.3, 0.4) is 0 Å². The summed E-state index contributed by atoms with van der Waals surface area (Å²) in [4.78, 5) is 30.7. The number of hydrogen-bond donors (Lipinski definition) is 2. The predicted octanol–water partition coefficient (Wildman–Crippen LogP) is 4.13. The SMILES string of the molecule is CN(C)Cc1cccc(NC(=O)c2ccc3[nH]c4ccc(F)cc4c(=O)c3c2)c1. The maximum absolute atomic E-state index is 13.6. The monoisotopic (exact) mass is 389 g/mol. The Balaban J connectivity index is 1.69. The Bertz CT molecular complexity index is 1290. The van der Waals surface area contributed by atoms with E-state index in [0.717, 1.165) is 12.1 Å². The molecule has 0 saturated heterocycles. The van der Waals surface area contributed by atoms with Crippen LogP contribution in [-0.2, 0) is 6.54 Å². The summed E-state index contributed by atoms with van der Waals surface area (Å²) in [6.07, 6.45) is 0. The van der Waals surface area contributed by atoms with Gasteiger partial charge in [-0.25, -0.2) is 4.39 Å². The van der Waals surface area contributed by atoms with Gasteiger partial charge in [-0.15, -0.1) is 0 Å². The third-order valence-electron chi connectivity index (χ3n) is 4.71. The second-order valence-electron chi connectivity index (χ2n) is 7.30. The Morgan fingerprint density at radius 3 is 2.48 bits per heavy atom. The third-order valence-corrected chi connectivity index (χ3v) is 4.71. The highest BCUT2D eigenvalue weighted by Crippen LogP contribution is 2.19. The van der Waals surface area contributed by atoms with E-state index in [0.29, 0.717) is 27.7 Å². The van der Waals surface area contributed by atoms with E-state index in [4.69, 9.17) is 0 Å². The zero-order valence-electron chi connectivity index (χ0n) is 16.1. The first-order chi connectivity index (χ1) is 13.9. The normalized spacial score (nSPS) is 11.3. The number of amides is 1. The fourth-order valence-corrected chi connectivity index (χ4v) is 3.40. The molecule has 2 N–H and O–H groups in total. The van der Waals surface area contributed by atoms with Crippen LogP contribution in [0.5, 0.6) is 0 Å². The van der Waals surface area contributed by atoms with Gasteiger partial charge < -0.3 is 15.2 Å². The summed E-state index contributed by atoms with van der Waals surface area (Å²) in [6, 6.07) is 16.6. The molecule has 0 radical (unpaired) electrons. The van der Waals surface area contributed by atoms with Gasteiger partial charge in [0, 0.05) is 39.6 Å². The Hall–Kier alpha value is -3.51. The van der Waals surface area contributed by atoms with E-state index in [-0.39, 0.29) is 16.7 Å². The topological polar surface area (TPSA) is 65.2 Å². The number of halogens is 1. The van der Waals surface area contributed by atoms with Crippen LogP contribution in [0.15, 0.2) is 65.5 Å². The van der Waals surface area contributed by atoms with Crippen LogP contribution in [0.1, 0.15) is 15.9 Å². The van der Waals surface area contributed by atoms with Crippen molar-refractivity contribution in [2.75, 3.05) is 19.4 Å². The number of rotatable bonds is 4. The first kappa shape index (κ1) is 18.8. The van der Waals surface area contributed by atoms with Crippen LogP contribution in [0.4, 0.5) is 10.1 Å². The van der Waals surface area contributed by atoms with Gasteiger partial charge in [0.25, 0.3) is 5.91 Å². The van der Waals surface area contributed by atoms with Gasteiger partial charge in [-0.2, -0.15) is 0 Å². The smallest absolute Gasteiger partial charge is 0.255 e. The molecule has 0 atom stereocenters. The molecule has 0 fully saturated rings. The summed E-state index contributed by atoms with van der Waals surface area (Å²) >= 11 is 0. The highest BCUT2D eigenvalue weighted by atomic mass is 19.1. The fourth-order valence-electron chi connectivity index (χ4n) is 3.40. The van der Waals surface area contributed by atoms with E-state index in [9.17, 15) is 14.0 Å². The number of nitrogens with zero attached hydrogens (tertiary/aromatic N) is 1. The van der Waals surface area contributed by atoms with E-state index in [2.05, 4.69) is 10.3 Å². The van der Waals surface area contributed by atoms with E-state index < -0.39 is 5.82 Å². The molecule has 0 aliphatic rings. The molecule has 0 aliphatic heterocycles. The fraction of sp³-hybridized carbons (Fsp3) is 0.130. The molecule has 3 aromatic carbocycles. The van der Waals surface area contributed by atoms with Crippen molar-refractivity contribution in [3.05, 3.63) is 87.8 Å². The standard InChI is InChI=1S/C23H20FN3O2/c1-27(2)13-14-4-3-5-17(10-14)25-23(29)15-6-8-20-18(11-15)22(28)19-12-16(24)7-9-21(19)26-20/h3-12H,13H2,1-2H3,(H,25,29)(H,26,28). The molecule has 4 rings (SSSR count). The second-order valence-corrected chi connectivity index (χ2v) is 7.30. The molecule has 1 aromatic heterocycles. The summed E-state index contributed by atoms with van der Waals surface area (Å²) in [7, 11) is 3.96. The zero-order chi connectivity index (χ0) is 20.5. The van der Waals surface area contributed by atoms with Crippen molar-refractivity contribution in [3.63, 3.8) is 0 Å². The minimum absolute atomic E-state index is 0.256. The molecule has 5 nitrogen and oxygen atoms in total. The first-order valence-corrected chi connectivity index (χ1v) is 9.21. The molecule has 1 amide bonds. The van der Waals surface area contributed by atoms with Gasteiger partial charge in [-0.3, -0.25) is 9.59 Å². The lowest BCUT2D eigenvalue weighted by molar-refractivity contribution is 0.102. The van der Waals surface area contributed by atoms with Crippen molar-refractivity contribution in [2.45, 2.75) is 6.54 Å². The van der Waals surface area contributed by atoms with E-state index in [1.165, 1.54) is 24.3 Å². The van der Waals surface area contributed by atoms with Crippen LogP contribution in [0.2, 0.25) is 0 Å². The van der Waals surface area contributed by atoms with E-state index in [1.54, 1.807) is 12.1 Å². The van der Waals surface area contributed by atoms with Crippen LogP contribution in [-0.4, -0.2) is 29.9 Å². The summed E-state index contributed by atoms with van der Waals surface area (Å²) in [6.45, 7) is 0.763. The summed E-state index contributed by atoms with van der Waals surface area (Å²) in [5, 5.41) is 3.47. The summed E-state index contributed by atoms with van der Waals surface area (Å²) in [5.74, 6) is -0.790. The van der Waals surface area contributed by atoms with Gasteiger partial charge in [0.05, 0.1) is 0 Å². The molecule has 0 aliphatic carbocycles. The van der Waals surface area contributed by atoms with Gasteiger partial charge in [0.1, 0.15) is 5.82 Å². The number of carbonyl (C=O) groups excluding carboxylic acids is 1. The molecule has 0 spiro atoms. The van der Waals surface area contributed by atoms with Gasteiger partial charge in [-0.05, 0) is 68.2 Å². The predicted molar refractivity (Wildman–Crippen MR) is 114 cm³/mol. The number of pyridine rings is 1. The Morgan fingerprint density at radius 1 is 1.00 bits per heavy atom. The molecule has 0 unspecified atom stereocenters.